The van der Waals surface area contributed by atoms with Gasteiger partial charge in [-0.15, -0.1) is 12.4 Å². The van der Waals surface area contributed by atoms with Crippen LogP contribution >= 0.6 is 24.0 Å². The van der Waals surface area contributed by atoms with Crippen molar-refractivity contribution in [1.29, 1.82) is 0 Å². The van der Waals surface area contributed by atoms with Gasteiger partial charge >= 0.3 is 6.18 Å². The second-order valence-corrected chi connectivity index (χ2v) is 7.37. The van der Waals surface area contributed by atoms with Crippen LogP contribution in [-0.4, -0.2) is 27.0 Å². The minimum absolute atomic E-state index is 0. The number of nitrogens with one attached hydrogen (secondary N) is 2. The standard InChI is InChI=1S/C13H16ClF3N2O2S.ClH/c1-8-11(3-2-6-18-8)19-22(20,21)12-5-4-9(14)7-10(12)13(15,16)17;/h4-5,7-8,11,18-19H,2-3,6H2,1H3;1H. The molecule has 0 spiro atoms. The number of hydrogen-bond donors (Lipinski definition) is 2. The van der Waals surface area contributed by atoms with E-state index in [-0.39, 0.29) is 23.5 Å². The van der Waals surface area contributed by atoms with Crippen LogP contribution in [0.5, 0.6) is 0 Å². The van der Waals surface area contributed by atoms with E-state index in [9.17, 15) is 21.6 Å². The molecule has 23 heavy (non-hydrogen) atoms. The number of hydrogen-bond acceptors (Lipinski definition) is 3. The van der Waals surface area contributed by atoms with Gasteiger partial charge in [0, 0.05) is 17.1 Å². The van der Waals surface area contributed by atoms with Gasteiger partial charge in [0.2, 0.25) is 10.0 Å². The Morgan fingerprint density at radius 3 is 2.57 bits per heavy atom. The van der Waals surface area contributed by atoms with Gasteiger partial charge in [0.25, 0.3) is 0 Å². The van der Waals surface area contributed by atoms with Gasteiger partial charge < -0.3 is 5.32 Å². The third-order valence-electron chi connectivity index (χ3n) is 3.60. The van der Waals surface area contributed by atoms with Crippen molar-refractivity contribution in [2.45, 2.75) is 42.9 Å². The van der Waals surface area contributed by atoms with Crippen molar-refractivity contribution in [3.8, 4) is 0 Å². The molecule has 0 aromatic heterocycles. The van der Waals surface area contributed by atoms with Crippen molar-refractivity contribution < 1.29 is 21.6 Å². The lowest BCUT2D eigenvalue weighted by Gasteiger charge is -2.30. The Hall–Kier alpha value is -0.540. The molecular formula is C13H17Cl2F3N2O2S. The highest BCUT2D eigenvalue weighted by atomic mass is 35.5. The van der Waals surface area contributed by atoms with Crippen LogP contribution in [0.1, 0.15) is 25.3 Å². The third kappa shape index (κ3) is 4.96. The van der Waals surface area contributed by atoms with Gasteiger partial charge in [-0.25, -0.2) is 13.1 Å². The Balaban J connectivity index is 0.00000264. The Kier molecular flexibility index (Phi) is 6.74. The number of alkyl halides is 3. The summed E-state index contributed by atoms with van der Waals surface area (Å²) in [5.74, 6) is 0. The molecule has 2 N–H and O–H groups in total. The van der Waals surface area contributed by atoms with Gasteiger partial charge in [-0.3, -0.25) is 0 Å². The van der Waals surface area contributed by atoms with E-state index in [0.717, 1.165) is 25.1 Å². The number of halogens is 5. The average molecular weight is 393 g/mol. The first-order chi connectivity index (χ1) is 10.1. The summed E-state index contributed by atoms with van der Waals surface area (Å²) in [6.07, 6.45) is -3.47. The normalized spacial score (nSPS) is 22.5. The predicted octanol–water partition coefficient (Wildman–Crippen LogP) is 3.20. The number of rotatable bonds is 3. The van der Waals surface area contributed by atoms with Crippen molar-refractivity contribution in [3.63, 3.8) is 0 Å². The van der Waals surface area contributed by atoms with Crippen molar-refractivity contribution >= 4 is 34.0 Å². The largest absolute Gasteiger partial charge is 0.417 e. The molecule has 1 fully saturated rings. The van der Waals surface area contributed by atoms with Crippen LogP contribution < -0.4 is 10.0 Å². The Bertz CT molecular complexity index is 653. The summed E-state index contributed by atoms with van der Waals surface area (Å²) in [6.45, 7) is 2.55. The quantitative estimate of drug-likeness (QED) is 0.830. The van der Waals surface area contributed by atoms with Crippen LogP contribution in [0.15, 0.2) is 23.1 Å². The molecule has 10 heteroatoms. The number of benzene rings is 1. The van der Waals surface area contributed by atoms with Gasteiger partial charge in [0.05, 0.1) is 10.5 Å². The maximum absolute atomic E-state index is 13.1. The van der Waals surface area contributed by atoms with E-state index < -0.39 is 32.7 Å². The fourth-order valence-corrected chi connectivity index (χ4v) is 4.16. The van der Waals surface area contributed by atoms with E-state index >= 15 is 0 Å². The zero-order valence-corrected chi connectivity index (χ0v) is 14.5. The highest BCUT2D eigenvalue weighted by Crippen LogP contribution is 2.36. The van der Waals surface area contributed by atoms with Crippen LogP contribution in [0.25, 0.3) is 0 Å². The zero-order valence-electron chi connectivity index (χ0n) is 12.2. The molecule has 0 radical (unpaired) electrons. The molecular weight excluding hydrogens is 376 g/mol. The van der Waals surface area contributed by atoms with Crippen molar-refractivity contribution in [1.82, 2.24) is 10.0 Å². The molecule has 0 bridgehead atoms. The van der Waals surface area contributed by atoms with E-state index in [1.165, 1.54) is 0 Å². The second-order valence-electron chi connectivity index (χ2n) is 5.25. The third-order valence-corrected chi connectivity index (χ3v) is 5.39. The Morgan fingerprint density at radius 1 is 1.35 bits per heavy atom. The second kappa shape index (κ2) is 7.57. The first-order valence-electron chi connectivity index (χ1n) is 6.74. The summed E-state index contributed by atoms with van der Waals surface area (Å²) >= 11 is 5.56. The van der Waals surface area contributed by atoms with Gasteiger partial charge in [0.15, 0.2) is 0 Å². The maximum Gasteiger partial charge on any atom is 0.417 e. The lowest BCUT2D eigenvalue weighted by atomic mass is 10.0. The molecule has 2 unspecified atom stereocenters. The van der Waals surface area contributed by atoms with E-state index in [4.69, 9.17) is 11.6 Å². The van der Waals surface area contributed by atoms with Crippen molar-refractivity contribution in [2.24, 2.45) is 0 Å². The number of piperidine rings is 1. The molecule has 1 aliphatic rings. The van der Waals surface area contributed by atoms with E-state index in [1.54, 1.807) is 6.92 Å². The first kappa shape index (κ1) is 20.5. The molecule has 0 amide bonds. The van der Waals surface area contributed by atoms with Crippen LogP contribution in [0.3, 0.4) is 0 Å². The number of sulfonamides is 1. The predicted molar refractivity (Wildman–Crippen MR) is 84.5 cm³/mol. The molecule has 2 atom stereocenters. The molecule has 132 valence electrons. The van der Waals surface area contributed by atoms with Gasteiger partial charge in [0.1, 0.15) is 0 Å². The van der Waals surface area contributed by atoms with Gasteiger partial charge in [-0.05, 0) is 44.5 Å². The van der Waals surface area contributed by atoms with Crippen LogP contribution in [-0.2, 0) is 16.2 Å². The van der Waals surface area contributed by atoms with Crippen LogP contribution in [0.2, 0.25) is 5.02 Å². The summed E-state index contributed by atoms with van der Waals surface area (Å²) in [6, 6.07) is 2.04. The van der Waals surface area contributed by atoms with Gasteiger partial charge in [-0.2, -0.15) is 13.2 Å². The minimum Gasteiger partial charge on any atom is -0.313 e. The summed E-state index contributed by atoms with van der Waals surface area (Å²) in [4.78, 5) is -0.804. The summed E-state index contributed by atoms with van der Waals surface area (Å²) in [5, 5.41) is 2.92. The molecule has 1 aliphatic heterocycles. The monoisotopic (exact) mass is 392 g/mol. The highest BCUT2D eigenvalue weighted by Gasteiger charge is 2.38. The first-order valence-corrected chi connectivity index (χ1v) is 8.60. The van der Waals surface area contributed by atoms with Crippen LogP contribution in [0, 0.1) is 0 Å². The van der Waals surface area contributed by atoms with Crippen molar-refractivity contribution in [2.75, 3.05) is 6.54 Å². The molecule has 1 aromatic rings. The molecule has 0 aliphatic carbocycles. The molecule has 0 saturated carbocycles. The molecule has 4 nitrogen and oxygen atoms in total. The molecule has 1 saturated heterocycles. The summed E-state index contributed by atoms with van der Waals surface area (Å²) in [5.41, 5.74) is -1.26. The lowest BCUT2D eigenvalue weighted by molar-refractivity contribution is -0.139. The Morgan fingerprint density at radius 2 is 2.00 bits per heavy atom. The highest BCUT2D eigenvalue weighted by molar-refractivity contribution is 7.89. The lowest BCUT2D eigenvalue weighted by Crippen LogP contribution is -2.51. The maximum atomic E-state index is 13.1. The van der Waals surface area contributed by atoms with E-state index in [2.05, 4.69) is 10.0 Å². The minimum atomic E-state index is -4.80. The topological polar surface area (TPSA) is 58.2 Å². The van der Waals surface area contributed by atoms with Crippen LogP contribution in [0.4, 0.5) is 13.2 Å². The Labute approximate surface area is 144 Å². The fourth-order valence-electron chi connectivity index (χ4n) is 2.43. The van der Waals surface area contributed by atoms with Gasteiger partial charge in [-0.1, -0.05) is 11.6 Å². The fraction of sp³-hybridized carbons (Fsp3) is 0.538. The SMILES string of the molecule is CC1NCCCC1NS(=O)(=O)c1ccc(Cl)cc1C(F)(F)F.Cl. The zero-order chi connectivity index (χ0) is 16.5. The van der Waals surface area contributed by atoms with E-state index in [0.29, 0.717) is 12.5 Å². The van der Waals surface area contributed by atoms with Crippen molar-refractivity contribution in [3.05, 3.63) is 28.8 Å². The molecule has 1 heterocycles. The molecule has 2 rings (SSSR count). The molecule has 1 aromatic carbocycles. The smallest absolute Gasteiger partial charge is 0.313 e. The summed E-state index contributed by atoms with van der Waals surface area (Å²) in [7, 11) is -4.29. The summed E-state index contributed by atoms with van der Waals surface area (Å²) < 4.78 is 66.2. The average Bonchev–Trinajstić information content (AvgIpc) is 2.40. The van der Waals surface area contributed by atoms with E-state index in [1.807, 2.05) is 0 Å².